The van der Waals surface area contributed by atoms with Gasteiger partial charge < -0.3 is 16.4 Å². The first-order valence-electron chi connectivity index (χ1n) is 8.38. The van der Waals surface area contributed by atoms with Gasteiger partial charge in [0.05, 0.1) is 0 Å². The first-order valence-corrected chi connectivity index (χ1v) is 8.38. The lowest BCUT2D eigenvalue weighted by molar-refractivity contribution is -0.122. The van der Waals surface area contributed by atoms with Crippen molar-refractivity contribution in [3.63, 3.8) is 0 Å². The van der Waals surface area contributed by atoms with Crippen LogP contribution in [-0.2, 0) is 4.79 Å². The van der Waals surface area contributed by atoms with Crippen molar-refractivity contribution in [2.75, 3.05) is 19.6 Å². The van der Waals surface area contributed by atoms with E-state index in [1.165, 1.54) is 32.1 Å². The number of aliphatic imine (C=N–C) groups is 1. The van der Waals surface area contributed by atoms with Crippen molar-refractivity contribution < 1.29 is 4.79 Å². The van der Waals surface area contributed by atoms with Gasteiger partial charge in [0.25, 0.3) is 0 Å². The van der Waals surface area contributed by atoms with Crippen LogP contribution in [0.1, 0.15) is 58.8 Å². The standard InChI is InChI=1S/C16H32N4O/c1-13(2)8-9-19-16(17)20-11-10-18-15(21)12-14-6-4-3-5-7-14/h13-14H,3-12H2,1-2H3,(H,18,21)(H3,17,19,20). The highest BCUT2D eigenvalue weighted by molar-refractivity contribution is 5.78. The van der Waals surface area contributed by atoms with Crippen LogP contribution < -0.4 is 16.4 Å². The van der Waals surface area contributed by atoms with E-state index in [-0.39, 0.29) is 5.91 Å². The lowest BCUT2D eigenvalue weighted by Crippen LogP contribution is -2.39. The summed E-state index contributed by atoms with van der Waals surface area (Å²) in [5.74, 6) is 1.87. The maximum Gasteiger partial charge on any atom is 0.220 e. The molecular formula is C16H32N4O. The number of nitrogens with two attached hydrogens (primary N) is 1. The van der Waals surface area contributed by atoms with Gasteiger partial charge in [0.1, 0.15) is 0 Å². The minimum absolute atomic E-state index is 0.166. The predicted octanol–water partition coefficient (Wildman–Crippen LogP) is 2.02. The Morgan fingerprint density at radius 1 is 1.19 bits per heavy atom. The Balaban J connectivity index is 2.03. The van der Waals surface area contributed by atoms with E-state index >= 15 is 0 Å². The van der Waals surface area contributed by atoms with Crippen LogP contribution in [0.15, 0.2) is 4.99 Å². The SMILES string of the molecule is CC(C)CCN=C(N)NCCNC(=O)CC1CCCCC1. The summed E-state index contributed by atoms with van der Waals surface area (Å²) < 4.78 is 0. The lowest BCUT2D eigenvalue weighted by Gasteiger charge is -2.20. The fourth-order valence-corrected chi connectivity index (χ4v) is 2.62. The van der Waals surface area contributed by atoms with Gasteiger partial charge in [-0.05, 0) is 31.1 Å². The zero-order valence-corrected chi connectivity index (χ0v) is 13.7. The number of guanidine groups is 1. The van der Waals surface area contributed by atoms with E-state index in [1.807, 2.05) is 0 Å². The third kappa shape index (κ3) is 9.32. The Morgan fingerprint density at radius 3 is 2.52 bits per heavy atom. The molecule has 5 heteroatoms. The molecule has 122 valence electrons. The zero-order valence-electron chi connectivity index (χ0n) is 13.7. The zero-order chi connectivity index (χ0) is 15.5. The minimum Gasteiger partial charge on any atom is -0.370 e. The lowest BCUT2D eigenvalue weighted by atomic mass is 9.87. The second kappa shape index (κ2) is 10.5. The van der Waals surface area contributed by atoms with Crippen molar-refractivity contribution in [2.24, 2.45) is 22.6 Å². The Kier molecular flexibility index (Phi) is 8.87. The average molecular weight is 296 g/mol. The molecule has 21 heavy (non-hydrogen) atoms. The van der Waals surface area contributed by atoms with Gasteiger partial charge in [-0.15, -0.1) is 0 Å². The minimum atomic E-state index is 0.166. The Labute approximate surface area is 129 Å². The van der Waals surface area contributed by atoms with E-state index in [9.17, 15) is 4.79 Å². The van der Waals surface area contributed by atoms with Crippen molar-refractivity contribution in [1.82, 2.24) is 10.6 Å². The van der Waals surface area contributed by atoms with Crippen LogP contribution in [0.4, 0.5) is 0 Å². The molecule has 0 atom stereocenters. The van der Waals surface area contributed by atoms with E-state index < -0.39 is 0 Å². The summed E-state index contributed by atoms with van der Waals surface area (Å²) in [5.41, 5.74) is 5.75. The summed E-state index contributed by atoms with van der Waals surface area (Å²) in [4.78, 5) is 16.0. The van der Waals surface area contributed by atoms with Crippen LogP contribution in [0, 0.1) is 11.8 Å². The maximum absolute atomic E-state index is 11.8. The summed E-state index contributed by atoms with van der Waals surface area (Å²) in [6, 6.07) is 0. The smallest absolute Gasteiger partial charge is 0.220 e. The van der Waals surface area contributed by atoms with Crippen LogP contribution in [0.25, 0.3) is 0 Å². The van der Waals surface area contributed by atoms with Crippen molar-refractivity contribution in [1.29, 1.82) is 0 Å². The largest absolute Gasteiger partial charge is 0.370 e. The summed E-state index contributed by atoms with van der Waals surface area (Å²) in [6.07, 6.45) is 8.03. The van der Waals surface area contributed by atoms with Gasteiger partial charge in [-0.2, -0.15) is 0 Å². The molecule has 4 N–H and O–H groups in total. The van der Waals surface area contributed by atoms with Crippen molar-refractivity contribution in [3.05, 3.63) is 0 Å². The number of hydrogen-bond donors (Lipinski definition) is 3. The van der Waals surface area contributed by atoms with Gasteiger partial charge in [-0.25, -0.2) is 0 Å². The first-order chi connectivity index (χ1) is 10.1. The quantitative estimate of drug-likeness (QED) is 0.364. The Hall–Kier alpha value is -1.26. The van der Waals surface area contributed by atoms with Gasteiger partial charge in [0, 0.05) is 26.1 Å². The topological polar surface area (TPSA) is 79.5 Å². The van der Waals surface area contributed by atoms with E-state index in [2.05, 4.69) is 29.5 Å². The molecule has 1 saturated carbocycles. The van der Waals surface area contributed by atoms with E-state index in [0.717, 1.165) is 13.0 Å². The van der Waals surface area contributed by atoms with Gasteiger partial charge >= 0.3 is 0 Å². The predicted molar refractivity (Wildman–Crippen MR) is 88.1 cm³/mol. The second-order valence-corrected chi connectivity index (χ2v) is 6.43. The van der Waals surface area contributed by atoms with E-state index in [0.29, 0.717) is 37.3 Å². The van der Waals surface area contributed by atoms with Gasteiger partial charge in [0.2, 0.25) is 5.91 Å². The molecule has 1 aliphatic rings. The van der Waals surface area contributed by atoms with E-state index in [1.54, 1.807) is 0 Å². The molecule has 0 bridgehead atoms. The summed E-state index contributed by atoms with van der Waals surface area (Å²) in [7, 11) is 0. The number of nitrogens with zero attached hydrogens (tertiary/aromatic N) is 1. The molecule has 0 aromatic rings. The Bertz CT molecular complexity index is 322. The molecule has 0 radical (unpaired) electrons. The molecule has 0 spiro atoms. The van der Waals surface area contributed by atoms with Gasteiger partial charge in [-0.3, -0.25) is 9.79 Å². The first kappa shape index (κ1) is 17.8. The molecule has 0 saturated heterocycles. The number of nitrogens with one attached hydrogen (secondary N) is 2. The van der Waals surface area contributed by atoms with Gasteiger partial charge in [0.15, 0.2) is 5.96 Å². The second-order valence-electron chi connectivity index (χ2n) is 6.43. The van der Waals surface area contributed by atoms with Crippen molar-refractivity contribution in [2.45, 2.75) is 58.8 Å². The molecule has 0 aromatic heterocycles. The van der Waals surface area contributed by atoms with Crippen molar-refractivity contribution in [3.8, 4) is 0 Å². The average Bonchev–Trinajstić information content (AvgIpc) is 2.44. The molecule has 0 aliphatic heterocycles. The third-order valence-electron chi connectivity index (χ3n) is 3.94. The van der Waals surface area contributed by atoms with Crippen LogP contribution in [0.2, 0.25) is 0 Å². The molecule has 1 aliphatic carbocycles. The fraction of sp³-hybridized carbons (Fsp3) is 0.875. The van der Waals surface area contributed by atoms with Crippen LogP contribution in [0.5, 0.6) is 0 Å². The van der Waals surface area contributed by atoms with Crippen molar-refractivity contribution >= 4 is 11.9 Å². The van der Waals surface area contributed by atoms with Crippen LogP contribution >= 0.6 is 0 Å². The highest BCUT2D eigenvalue weighted by atomic mass is 16.1. The number of rotatable bonds is 8. The number of carbonyl (C=O) groups is 1. The van der Waals surface area contributed by atoms with Crippen LogP contribution in [0.3, 0.4) is 0 Å². The molecular weight excluding hydrogens is 264 g/mol. The summed E-state index contributed by atoms with van der Waals surface area (Å²) in [5, 5.41) is 5.98. The molecule has 0 unspecified atom stereocenters. The Morgan fingerprint density at radius 2 is 1.86 bits per heavy atom. The molecule has 5 nitrogen and oxygen atoms in total. The molecule has 0 aromatic carbocycles. The monoisotopic (exact) mass is 296 g/mol. The third-order valence-corrected chi connectivity index (χ3v) is 3.94. The number of hydrogen-bond acceptors (Lipinski definition) is 2. The summed E-state index contributed by atoms with van der Waals surface area (Å²) >= 11 is 0. The van der Waals surface area contributed by atoms with Crippen LogP contribution in [-0.4, -0.2) is 31.5 Å². The molecule has 0 heterocycles. The molecule has 1 amide bonds. The highest BCUT2D eigenvalue weighted by Crippen LogP contribution is 2.25. The van der Waals surface area contributed by atoms with Gasteiger partial charge in [-0.1, -0.05) is 33.1 Å². The number of carbonyl (C=O) groups excluding carboxylic acids is 1. The molecule has 1 rings (SSSR count). The highest BCUT2D eigenvalue weighted by Gasteiger charge is 2.16. The normalized spacial score (nSPS) is 17.0. The summed E-state index contributed by atoms with van der Waals surface area (Å²) in [6.45, 7) is 6.33. The fourth-order valence-electron chi connectivity index (χ4n) is 2.62. The van der Waals surface area contributed by atoms with E-state index in [4.69, 9.17) is 5.73 Å². The molecule has 1 fully saturated rings. The number of amides is 1. The maximum atomic E-state index is 11.8.